The van der Waals surface area contributed by atoms with Crippen LogP contribution in [0.15, 0.2) is 83.8 Å². The number of sulfonamides is 1. The minimum absolute atomic E-state index is 0.101. The molecule has 0 spiro atoms. The van der Waals surface area contributed by atoms with Gasteiger partial charge in [-0.15, -0.1) is 0 Å². The highest BCUT2D eigenvalue weighted by Gasteiger charge is 2.27. The van der Waals surface area contributed by atoms with Crippen molar-refractivity contribution < 1.29 is 22.7 Å². The molecule has 0 unspecified atom stereocenters. The molecule has 8 heteroatoms. The van der Waals surface area contributed by atoms with Gasteiger partial charge in [-0.2, -0.15) is 4.72 Å². The number of amides is 1. The molecule has 3 rings (SSSR count). The number of hydrogen-bond donors (Lipinski definition) is 2. The van der Waals surface area contributed by atoms with Gasteiger partial charge in [0.15, 0.2) is 11.5 Å². The molecule has 33 heavy (non-hydrogen) atoms. The van der Waals surface area contributed by atoms with Crippen LogP contribution in [0, 0.1) is 0 Å². The summed E-state index contributed by atoms with van der Waals surface area (Å²) in [6.07, 6.45) is 0.206. The van der Waals surface area contributed by atoms with Crippen molar-refractivity contribution in [2.45, 2.75) is 30.3 Å². The second kappa shape index (κ2) is 11.0. The zero-order chi connectivity index (χ0) is 23.8. The number of benzene rings is 3. The van der Waals surface area contributed by atoms with E-state index in [0.717, 1.165) is 11.1 Å². The van der Waals surface area contributed by atoms with Gasteiger partial charge in [0.2, 0.25) is 15.9 Å². The fourth-order valence-corrected chi connectivity index (χ4v) is 4.63. The lowest BCUT2D eigenvalue weighted by atomic mass is 10.0. The van der Waals surface area contributed by atoms with Gasteiger partial charge in [0, 0.05) is 0 Å². The van der Waals surface area contributed by atoms with E-state index in [0.29, 0.717) is 11.5 Å². The maximum absolute atomic E-state index is 13.2. The van der Waals surface area contributed by atoms with Gasteiger partial charge in [-0.25, -0.2) is 8.42 Å². The molecule has 3 aromatic carbocycles. The van der Waals surface area contributed by atoms with Gasteiger partial charge in [0.25, 0.3) is 0 Å². The monoisotopic (exact) mass is 468 g/mol. The van der Waals surface area contributed by atoms with Gasteiger partial charge < -0.3 is 14.8 Å². The number of carbonyl (C=O) groups is 1. The van der Waals surface area contributed by atoms with Crippen LogP contribution in [0.1, 0.15) is 24.1 Å². The minimum atomic E-state index is -3.89. The third-order valence-electron chi connectivity index (χ3n) is 5.22. The van der Waals surface area contributed by atoms with E-state index in [2.05, 4.69) is 10.0 Å². The van der Waals surface area contributed by atoms with Crippen molar-refractivity contribution in [1.29, 1.82) is 0 Å². The third-order valence-corrected chi connectivity index (χ3v) is 6.70. The zero-order valence-electron chi connectivity index (χ0n) is 18.8. The van der Waals surface area contributed by atoms with Gasteiger partial charge in [-0.3, -0.25) is 4.79 Å². The molecule has 0 saturated heterocycles. The molecule has 0 aliphatic carbocycles. The molecule has 0 aromatic heterocycles. The number of ether oxygens (including phenoxy) is 2. The van der Waals surface area contributed by atoms with Gasteiger partial charge in [0.1, 0.15) is 6.04 Å². The Bertz CT molecular complexity index is 1170. The second-order valence-electron chi connectivity index (χ2n) is 7.52. The molecule has 0 fully saturated rings. The highest BCUT2D eigenvalue weighted by molar-refractivity contribution is 7.89. The molecule has 0 aliphatic heterocycles. The maximum atomic E-state index is 13.2. The Morgan fingerprint density at radius 2 is 1.48 bits per heavy atom. The number of rotatable bonds is 10. The summed E-state index contributed by atoms with van der Waals surface area (Å²) in [6, 6.07) is 21.3. The standard InChI is InChI=1S/C25H28N2O5S/c1-18(20-14-15-23(31-2)24(17-20)32-3)26-25(28)22(16-19-10-6-4-7-11-19)27-33(29,30)21-12-8-5-9-13-21/h4-15,17-18,22,27H,16H2,1-3H3,(H,26,28)/t18-,22+/m1/s1. The second-order valence-corrected chi connectivity index (χ2v) is 9.24. The van der Waals surface area contributed by atoms with E-state index in [1.165, 1.54) is 12.1 Å². The number of methoxy groups -OCH3 is 2. The van der Waals surface area contributed by atoms with Crippen molar-refractivity contribution in [3.8, 4) is 11.5 Å². The number of nitrogens with one attached hydrogen (secondary N) is 2. The summed E-state index contributed by atoms with van der Waals surface area (Å²) in [4.78, 5) is 13.3. The van der Waals surface area contributed by atoms with Crippen LogP contribution in [-0.4, -0.2) is 34.6 Å². The quantitative estimate of drug-likeness (QED) is 0.475. The summed E-state index contributed by atoms with van der Waals surface area (Å²) < 4.78 is 39.0. The first-order valence-electron chi connectivity index (χ1n) is 10.5. The lowest BCUT2D eigenvalue weighted by Crippen LogP contribution is -2.48. The first-order valence-corrected chi connectivity index (χ1v) is 12.0. The van der Waals surface area contributed by atoms with Crippen molar-refractivity contribution in [2.24, 2.45) is 0 Å². The van der Waals surface area contributed by atoms with Gasteiger partial charge >= 0.3 is 0 Å². The lowest BCUT2D eigenvalue weighted by molar-refractivity contribution is -0.123. The average molecular weight is 469 g/mol. The molecule has 3 aromatic rings. The Morgan fingerprint density at radius 3 is 2.09 bits per heavy atom. The average Bonchev–Trinajstić information content (AvgIpc) is 2.84. The summed E-state index contributed by atoms with van der Waals surface area (Å²) in [5.41, 5.74) is 1.64. The van der Waals surface area contributed by atoms with Crippen LogP contribution >= 0.6 is 0 Å². The summed E-state index contributed by atoms with van der Waals surface area (Å²) in [5.74, 6) is 0.694. The van der Waals surface area contributed by atoms with Crippen LogP contribution in [0.25, 0.3) is 0 Å². The smallest absolute Gasteiger partial charge is 0.241 e. The molecule has 2 atom stereocenters. The van der Waals surface area contributed by atoms with E-state index >= 15 is 0 Å². The minimum Gasteiger partial charge on any atom is -0.493 e. The molecule has 0 aliphatic rings. The highest BCUT2D eigenvalue weighted by Crippen LogP contribution is 2.30. The van der Waals surface area contributed by atoms with Crippen molar-refractivity contribution in [2.75, 3.05) is 14.2 Å². The predicted molar refractivity (Wildman–Crippen MR) is 127 cm³/mol. The van der Waals surface area contributed by atoms with Crippen LogP contribution in [0.4, 0.5) is 0 Å². The first-order chi connectivity index (χ1) is 15.8. The molecular formula is C25H28N2O5S. The van der Waals surface area contributed by atoms with E-state index in [1.54, 1.807) is 44.6 Å². The Hall–Kier alpha value is -3.36. The Morgan fingerprint density at radius 1 is 0.879 bits per heavy atom. The maximum Gasteiger partial charge on any atom is 0.241 e. The van der Waals surface area contributed by atoms with Crippen LogP contribution in [-0.2, 0) is 21.2 Å². The van der Waals surface area contributed by atoms with E-state index in [4.69, 9.17) is 9.47 Å². The zero-order valence-corrected chi connectivity index (χ0v) is 19.6. The molecule has 7 nitrogen and oxygen atoms in total. The molecule has 0 bridgehead atoms. The molecule has 0 saturated carbocycles. The number of carbonyl (C=O) groups excluding carboxylic acids is 1. The van der Waals surface area contributed by atoms with Crippen molar-refractivity contribution in [3.63, 3.8) is 0 Å². The Labute approximate surface area is 194 Å². The Kier molecular flexibility index (Phi) is 8.08. The molecule has 0 heterocycles. The fraction of sp³-hybridized carbons (Fsp3) is 0.240. The van der Waals surface area contributed by atoms with Crippen LogP contribution < -0.4 is 19.5 Å². The largest absolute Gasteiger partial charge is 0.493 e. The summed E-state index contributed by atoms with van der Waals surface area (Å²) in [5, 5.41) is 2.92. The summed E-state index contributed by atoms with van der Waals surface area (Å²) >= 11 is 0. The van der Waals surface area contributed by atoms with E-state index in [1.807, 2.05) is 43.3 Å². The molecular weight excluding hydrogens is 440 g/mol. The first kappa shape index (κ1) is 24.3. The molecule has 0 radical (unpaired) electrons. The van der Waals surface area contributed by atoms with Crippen LogP contribution in [0.5, 0.6) is 11.5 Å². The normalized spacial score (nSPS) is 13.1. The molecule has 2 N–H and O–H groups in total. The SMILES string of the molecule is COc1ccc([C@@H](C)NC(=O)[C@H](Cc2ccccc2)NS(=O)(=O)c2ccccc2)cc1OC. The fourth-order valence-electron chi connectivity index (χ4n) is 3.41. The van der Waals surface area contributed by atoms with Crippen molar-refractivity contribution in [3.05, 3.63) is 90.0 Å². The highest BCUT2D eigenvalue weighted by atomic mass is 32.2. The Balaban J connectivity index is 1.83. The third kappa shape index (κ3) is 6.34. The van der Waals surface area contributed by atoms with E-state index < -0.39 is 28.0 Å². The van der Waals surface area contributed by atoms with Gasteiger partial charge in [0.05, 0.1) is 25.2 Å². The van der Waals surface area contributed by atoms with Gasteiger partial charge in [-0.1, -0.05) is 54.6 Å². The predicted octanol–water partition coefficient (Wildman–Crippen LogP) is 3.47. The van der Waals surface area contributed by atoms with Gasteiger partial charge in [-0.05, 0) is 48.7 Å². The van der Waals surface area contributed by atoms with E-state index in [9.17, 15) is 13.2 Å². The molecule has 1 amide bonds. The summed E-state index contributed by atoms with van der Waals surface area (Å²) in [6.45, 7) is 1.82. The lowest BCUT2D eigenvalue weighted by Gasteiger charge is -2.22. The summed E-state index contributed by atoms with van der Waals surface area (Å²) in [7, 11) is -0.800. The van der Waals surface area contributed by atoms with Crippen molar-refractivity contribution >= 4 is 15.9 Å². The topological polar surface area (TPSA) is 93.7 Å². The number of hydrogen-bond acceptors (Lipinski definition) is 5. The molecule has 174 valence electrons. The van der Waals surface area contributed by atoms with E-state index in [-0.39, 0.29) is 11.3 Å². The van der Waals surface area contributed by atoms with Crippen molar-refractivity contribution in [1.82, 2.24) is 10.0 Å². The van der Waals surface area contributed by atoms with Crippen LogP contribution in [0.3, 0.4) is 0 Å². The van der Waals surface area contributed by atoms with Crippen LogP contribution in [0.2, 0.25) is 0 Å².